The molecule has 12 heteroatoms. The zero-order valence-corrected chi connectivity index (χ0v) is 21.8. The van der Waals surface area contributed by atoms with Crippen molar-refractivity contribution in [3.05, 3.63) is 58.4 Å². The van der Waals surface area contributed by atoms with Crippen LogP contribution >= 0.6 is 11.8 Å². The van der Waals surface area contributed by atoms with E-state index in [0.29, 0.717) is 5.03 Å². The topological polar surface area (TPSA) is 145 Å². The molecule has 3 rings (SSSR count). The number of amides is 3. The van der Waals surface area contributed by atoms with E-state index in [0.717, 1.165) is 5.56 Å². The number of thioether (sulfide) groups is 1. The quantitative estimate of drug-likeness (QED) is 0.439. The number of hydrogen-bond donors (Lipinski definition) is 3. The molecule has 2 atom stereocenters. The Labute approximate surface area is 218 Å². The predicted octanol–water partition coefficient (Wildman–Crippen LogP) is 1.86. The summed E-state index contributed by atoms with van der Waals surface area (Å²) in [6.45, 7) is 4.80. The third-order valence-corrected chi connectivity index (χ3v) is 6.38. The molecule has 11 nitrogen and oxygen atoms in total. The van der Waals surface area contributed by atoms with Crippen LogP contribution in [0.3, 0.4) is 0 Å². The molecule has 2 heterocycles. The van der Waals surface area contributed by atoms with Crippen molar-refractivity contribution >= 4 is 41.3 Å². The highest BCUT2D eigenvalue weighted by Gasteiger charge is 2.32. The summed E-state index contributed by atoms with van der Waals surface area (Å²) in [7, 11) is 1.21. The van der Waals surface area contributed by atoms with Gasteiger partial charge in [-0.25, -0.2) is 4.79 Å². The van der Waals surface area contributed by atoms with Gasteiger partial charge in [0.15, 0.2) is 0 Å². The number of ether oxygens (including phenoxy) is 2. The van der Waals surface area contributed by atoms with Crippen LogP contribution in [-0.4, -0.2) is 59.5 Å². The number of nitrogens with zero attached hydrogens (tertiary/aromatic N) is 1. The largest absolute Gasteiger partial charge is 0.468 e. The van der Waals surface area contributed by atoms with Crippen molar-refractivity contribution < 1.29 is 28.7 Å². The zero-order valence-electron chi connectivity index (χ0n) is 21.0. The molecule has 0 saturated carbocycles. The van der Waals surface area contributed by atoms with Gasteiger partial charge in [0.1, 0.15) is 29.9 Å². The van der Waals surface area contributed by atoms with E-state index in [2.05, 4.69) is 20.7 Å². The molecule has 0 saturated heterocycles. The number of methoxy groups -OCH3 is 1. The average molecular weight is 531 g/mol. The summed E-state index contributed by atoms with van der Waals surface area (Å²) < 4.78 is 11.1. The molecule has 3 N–H and O–H groups in total. The minimum atomic E-state index is -1.04. The minimum Gasteiger partial charge on any atom is -0.468 e. The van der Waals surface area contributed by atoms with Crippen LogP contribution in [0.5, 0.6) is 0 Å². The molecule has 3 amide bonds. The first-order valence-corrected chi connectivity index (χ1v) is 12.5. The number of benzene rings is 1. The first kappa shape index (κ1) is 27.8. The van der Waals surface area contributed by atoms with E-state index in [-0.39, 0.29) is 24.4 Å². The molecule has 1 aliphatic heterocycles. The maximum Gasteiger partial charge on any atom is 0.408 e. The zero-order chi connectivity index (χ0) is 27.2. The molecule has 0 radical (unpaired) electrons. The van der Waals surface area contributed by atoms with E-state index >= 15 is 0 Å². The average Bonchev–Trinajstić information content (AvgIpc) is 3.28. The van der Waals surface area contributed by atoms with Gasteiger partial charge in [-0.1, -0.05) is 30.3 Å². The van der Waals surface area contributed by atoms with Gasteiger partial charge in [0.2, 0.25) is 11.8 Å². The van der Waals surface area contributed by atoms with E-state index in [1.54, 1.807) is 26.8 Å². The van der Waals surface area contributed by atoms with E-state index in [9.17, 15) is 24.0 Å². The molecule has 0 unspecified atom stereocenters. The number of nitrogens with one attached hydrogen (secondary N) is 3. The van der Waals surface area contributed by atoms with Crippen LogP contribution in [0.25, 0.3) is 0 Å². The van der Waals surface area contributed by atoms with Crippen LogP contribution in [0, 0.1) is 0 Å². The lowest BCUT2D eigenvalue weighted by Gasteiger charge is -2.23. The molecule has 1 aliphatic rings. The van der Waals surface area contributed by atoms with Crippen LogP contribution in [0.4, 0.5) is 10.5 Å². The Hall–Kier alpha value is -3.80. The summed E-state index contributed by atoms with van der Waals surface area (Å²) in [6, 6.07) is 10.3. The first-order valence-electron chi connectivity index (χ1n) is 11.6. The second-order valence-electron chi connectivity index (χ2n) is 9.26. The summed E-state index contributed by atoms with van der Waals surface area (Å²) in [5.74, 6) is -1.47. The summed E-state index contributed by atoms with van der Waals surface area (Å²) in [6.07, 6.45) is -0.611. The van der Waals surface area contributed by atoms with Gasteiger partial charge in [0.25, 0.3) is 5.56 Å². The fraction of sp³-hybridized carbons (Fsp3) is 0.400. The van der Waals surface area contributed by atoms with E-state index in [1.165, 1.54) is 29.5 Å². The van der Waals surface area contributed by atoms with Crippen molar-refractivity contribution in [3.8, 4) is 0 Å². The molecule has 37 heavy (non-hydrogen) atoms. The molecular formula is C25H30N4O7S. The van der Waals surface area contributed by atoms with Gasteiger partial charge < -0.3 is 25.4 Å². The fourth-order valence-electron chi connectivity index (χ4n) is 3.55. The molecule has 0 aliphatic carbocycles. The minimum absolute atomic E-state index is 0.0499. The van der Waals surface area contributed by atoms with Crippen LogP contribution in [0.1, 0.15) is 32.4 Å². The maximum atomic E-state index is 13.2. The summed E-state index contributed by atoms with van der Waals surface area (Å²) in [5, 5.41) is 8.17. The van der Waals surface area contributed by atoms with E-state index < -0.39 is 47.1 Å². The van der Waals surface area contributed by atoms with Gasteiger partial charge in [-0.05, 0) is 38.5 Å². The Morgan fingerprint density at radius 1 is 1.11 bits per heavy atom. The van der Waals surface area contributed by atoms with Crippen LogP contribution in [-0.2, 0) is 30.3 Å². The molecule has 1 aromatic heterocycles. The summed E-state index contributed by atoms with van der Waals surface area (Å²) in [4.78, 5) is 62.9. The van der Waals surface area contributed by atoms with Crippen molar-refractivity contribution in [1.29, 1.82) is 0 Å². The number of carbonyl (C=O) groups is 4. The highest BCUT2D eigenvalue weighted by atomic mass is 32.2. The fourth-order valence-corrected chi connectivity index (χ4v) is 4.70. The molecule has 0 spiro atoms. The second-order valence-corrected chi connectivity index (χ2v) is 10.3. The number of fused-ring (bicyclic) bond motifs is 1. The Bertz CT molecular complexity index is 1220. The predicted molar refractivity (Wildman–Crippen MR) is 137 cm³/mol. The SMILES string of the molecule is COC(=O)CNC(=O)[C@@H]1CSc2ccc(NC(=O)[C@H](Cc3ccccc3)NC(=O)OC(C)(C)C)c(=O)n21. The van der Waals surface area contributed by atoms with Gasteiger partial charge in [-0.3, -0.25) is 23.7 Å². The lowest BCUT2D eigenvalue weighted by atomic mass is 10.1. The molecule has 2 aromatic rings. The number of pyridine rings is 1. The number of aromatic nitrogens is 1. The molecule has 0 fully saturated rings. The third kappa shape index (κ3) is 7.59. The molecular weight excluding hydrogens is 500 g/mol. The number of hydrogen-bond acceptors (Lipinski definition) is 8. The van der Waals surface area contributed by atoms with Crippen molar-refractivity contribution in [2.75, 3.05) is 24.7 Å². The number of alkyl carbamates (subject to hydrolysis) is 1. The summed E-state index contributed by atoms with van der Waals surface area (Å²) >= 11 is 1.31. The maximum absolute atomic E-state index is 13.2. The van der Waals surface area contributed by atoms with E-state index in [4.69, 9.17) is 4.74 Å². The Balaban J connectivity index is 1.80. The first-order chi connectivity index (χ1) is 17.5. The van der Waals surface area contributed by atoms with E-state index in [1.807, 2.05) is 30.3 Å². The highest BCUT2D eigenvalue weighted by molar-refractivity contribution is 7.99. The van der Waals surface area contributed by atoms with Crippen molar-refractivity contribution in [2.45, 2.75) is 49.9 Å². The molecule has 0 bridgehead atoms. The highest BCUT2D eigenvalue weighted by Crippen LogP contribution is 2.32. The van der Waals surface area contributed by atoms with Crippen LogP contribution in [0.15, 0.2) is 52.3 Å². The lowest BCUT2D eigenvalue weighted by Crippen LogP contribution is -2.47. The van der Waals surface area contributed by atoms with Crippen LogP contribution < -0.4 is 21.5 Å². The number of rotatable bonds is 8. The Kier molecular flexibility index (Phi) is 8.98. The normalized spacial score (nSPS) is 15.2. The standard InChI is InChI=1S/C25H30N4O7S/c1-25(2,3)36-24(34)28-17(12-15-8-6-5-7-9-15)21(31)27-16-10-11-19-29(23(16)33)18(14-37-19)22(32)26-13-20(30)35-4/h5-11,17-18H,12-14H2,1-4H3,(H,26,32)(H,27,31)(H,28,34)/t17-,18-/m0/s1. The number of esters is 1. The van der Waals surface area contributed by atoms with Crippen molar-refractivity contribution in [2.24, 2.45) is 0 Å². The molecule has 198 valence electrons. The van der Waals surface area contributed by atoms with Gasteiger partial charge in [0, 0.05) is 12.2 Å². The van der Waals surface area contributed by atoms with Crippen molar-refractivity contribution in [3.63, 3.8) is 0 Å². The Morgan fingerprint density at radius 2 is 1.81 bits per heavy atom. The lowest BCUT2D eigenvalue weighted by molar-refractivity contribution is -0.141. The van der Waals surface area contributed by atoms with Crippen LogP contribution in [0.2, 0.25) is 0 Å². The monoisotopic (exact) mass is 530 g/mol. The van der Waals surface area contributed by atoms with Gasteiger partial charge in [0.05, 0.1) is 12.1 Å². The molecule has 1 aromatic carbocycles. The summed E-state index contributed by atoms with van der Waals surface area (Å²) in [5.41, 5.74) is -0.600. The number of carbonyl (C=O) groups excluding carboxylic acids is 4. The smallest absolute Gasteiger partial charge is 0.408 e. The second kappa shape index (κ2) is 12.0. The van der Waals surface area contributed by atoms with Gasteiger partial charge >= 0.3 is 12.1 Å². The third-order valence-electron chi connectivity index (χ3n) is 5.27. The van der Waals surface area contributed by atoms with Crippen molar-refractivity contribution in [1.82, 2.24) is 15.2 Å². The van der Waals surface area contributed by atoms with Gasteiger partial charge in [-0.2, -0.15) is 0 Å². The number of anilines is 1. The Morgan fingerprint density at radius 3 is 2.46 bits per heavy atom. The van der Waals surface area contributed by atoms with Gasteiger partial charge in [-0.15, -0.1) is 11.8 Å².